The van der Waals surface area contributed by atoms with Gasteiger partial charge >= 0.3 is 6.09 Å². The second-order valence-electron chi connectivity index (χ2n) is 6.53. The number of carbonyl (C=O) groups is 1. The number of rotatable bonds is 6. The first kappa shape index (κ1) is 17.8. The summed E-state index contributed by atoms with van der Waals surface area (Å²) >= 11 is 0. The fourth-order valence-electron chi connectivity index (χ4n) is 2.46. The average molecular weight is 320 g/mol. The summed E-state index contributed by atoms with van der Waals surface area (Å²) in [4.78, 5) is 14.1. The number of amides is 1. The van der Waals surface area contributed by atoms with Gasteiger partial charge in [0.2, 0.25) is 0 Å². The van der Waals surface area contributed by atoms with Crippen LogP contribution in [0, 0.1) is 0 Å². The third kappa shape index (κ3) is 5.52. The summed E-state index contributed by atoms with van der Waals surface area (Å²) in [7, 11) is 0. The second kappa shape index (κ2) is 8.31. The summed E-state index contributed by atoms with van der Waals surface area (Å²) in [6.45, 7) is 11.1. The van der Waals surface area contributed by atoms with Gasteiger partial charge in [0.05, 0.1) is 13.2 Å². The van der Waals surface area contributed by atoms with Gasteiger partial charge in [0.1, 0.15) is 6.61 Å². The highest BCUT2D eigenvalue weighted by molar-refractivity contribution is 5.84. The Morgan fingerprint density at radius 2 is 1.91 bits per heavy atom. The summed E-state index contributed by atoms with van der Waals surface area (Å²) in [5, 5.41) is 2.77. The molecule has 0 bridgehead atoms. The van der Waals surface area contributed by atoms with Crippen LogP contribution in [0.1, 0.15) is 32.8 Å². The van der Waals surface area contributed by atoms with Gasteiger partial charge in [-0.2, -0.15) is 0 Å². The first-order chi connectivity index (χ1) is 11.0. The molecule has 0 aliphatic carbocycles. The molecule has 1 N–H and O–H groups in total. The lowest BCUT2D eigenvalue weighted by atomic mass is 9.82. The lowest BCUT2D eigenvalue weighted by Crippen LogP contribution is -2.38. The highest BCUT2D eigenvalue weighted by atomic mass is 16.5. The topological polar surface area (TPSA) is 50.8 Å². The highest BCUT2D eigenvalue weighted by Gasteiger charge is 2.17. The van der Waals surface area contributed by atoms with Crippen LogP contribution in [0.3, 0.4) is 0 Å². The Bertz CT molecular complexity index is 493. The predicted molar refractivity (Wildman–Crippen MR) is 92.0 cm³/mol. The van der Waals surface area contributed by atoms with Crippen LogP contribution in [0.4, 0.5) is 10.5 Å². The van der Waals surface area contributed by atoms with Crippen molar-refractivity contribution in [3.05, 3.63) is 29.8 Å². The van der Waals surface area contributed by atoms with E-state index in [0.717, 1.165) is 45.0 Å². The number of nitrogens with one attached hydrogen (secondary N) is 1. The van der Waals surface area contributed by atoms with Crippen molar-refractivity contribution in [1.29, 1.82) is 0 Å². The largest absolute Gasteiger partial charge is 0.448 e. The van der Waals surface area contributed by atoms with Crippen LogP contribution in [-0.2, 0) is 14.9 Å². The van der Waals surface area contributed by atoms with Gasteiger partial charge in [-0.3, -0.25) is 10.2 Å². The minimum absolute atomic E-state index is 0.150. The van der Waals surface area contributed by atoms with Gasteiger partial charge in [-0.15, -0.1) is 0 Å². The monoisotopic (exact) mass is 320 g/mol. The quantitative estimate of drug-likeness (QED) is 0.874. The Labute approximate surface area is 139 Å². The highest BCUT2D eigenvalue weighted by Crippen LogP contribution is 2.27. The van der Waals surface area contributed by atoms with E-state index in [2.05, 4.69) is 43.1 Å². The van der Waals surface area contributed by atoms with Crippen molar-refractivity contribution in [1.82, 2.24) is 4.90 Å². The number of hydrogen-bond acceptors (Lipinski definition) is 4. The van der Waals surface area contributed by atoms with Crippen LogP contribution >= 0.6 is 0 Å². The normalized spacial score (nSPS) is 16.1. The molecule has 1 aliphatic heterocycles. The van der Waals surface area contributed by atoms with E-state index in [1.165, 1.54) is 5.56 Å². The number of hydrogen-bond donors (Lipinski definition) is 1. The van der Waals surface area contributed by atoms with Crippen molar-refractivity contribution >= 4 is 11.8 Å². The van der Waals surface area contributed by atoms with Crippen molar-refractivity contribution in [3.63, 3.8) is 0 Å². The molecule has 1 saturated heterocycles. The Kier molecular flexibility index (Phi) is 6.42. The first-order valence-electron chi connectivity index (χ1n) is 8.35. The molecule has 0 atom stereocenters. The van der Waals surface area contributed by atoms with Gasteiger partial charge in [-0.25, -0.2) is 4.79 Å². The molecule has 0 radical (unpaired) electrons. The molecule has 0 spiro atoms. The molecule has 0 saturated carbocycles. The molecule has 23 heavy (non-hydrogen) atoms. The van der Waals surface area contributed by atoms with Crippen LogP contribution in [0.25, 0.3) is 0 Å². The molecule has 1 aromatic carbocycles. The summed E-state index contributed by atoms with van der Waals surface area (Å²) in [6, 6.07) is 7.98. The zero-order valence-electron chi connectivity index (χ0n) is 14.4. The molecular formula is C18H28N2O3. The fourth-order valence-corrected chi connectivity index (χ4v) is 2.46. The van der Waals surface area contributed by atoms with E-state index in [1.807, 2.05) is 12.1 Å². The predicted octanol–water partition coefficient (Wildman–Crippen LogP) is 3.25. The van der Waals surface area contributed by atoms with Crippen LogP contribution in [0.15, 0.2) is 24.3 Å². The average Bonchev–Trinajstić information content (AvgIpc) is 2.56. The molecule has 0 aromatic heterocycles. The summed E-state index contributed by atoms with van der Waals surface area (Å²) in [5.74, 6) is 0. The molecule has 0 unspecified atom stereocenters. The molecule has 5 heteroatoms. The van der Waals surface area contributed by atoms with E-state index in [0.29, 0.717) is 6.61 Å². The smallest absolute Gasteiger partial charge is 0.411 e. The van der Waals surface area contributed by atoms with Crippen LogP contribution in [0.2, 0.25) is 0 Å². The van der Waals surface area contributed by atoms with Gasteiger partial charge in [-0.05, 0) is 29.5 Å². The number of anilines is 1. The third-order valence-corrected chi connectivity index (χ3v) is 4.54. The van der Waals surface area contributed by atoms with E-state index < -0.39 is 6.09 Å². The maximum atomic E-state index is 11.8. The van der Waals surface area contributed by atoms with Gasteiger partial charge in [0.25, 0.3) is 0 Å². The van der Waals surface area contributed by atoms with Gasteiger partial charge in [-0.1, -0.05) is 32.9 Å². The summed E-state index contributed by atoms with van der Waals surface area (Å²) in [6.07, 6.45) is 0.671. The maximum Gasteiger partial charge on any atom is 0.411 e. The molecule has 1 fully saturated rings. The zero-order chi connectivity index (χ0) is 16.7. The van der Waals surface area contributed by atoms with Crippen LogP contribution in [0.5, 0.6) is 0 Å². The lowest BCUT2D eigenvalue weighted by Gasteiger charge is -2.26. The number of ether oxygens (including phenoxy) is 2. The van der Waals surface area contributed by atoms with Crippen molar-refractivity contribution in [3.8, 4) is 0 Å². The van der Waals surface area contributed by atoms with Crippen LogP contribution in [-0.4, -0.2) is 50.4 Å². The standard InChI is InChI=1S/C18H28N2O3/c1-4-18(2,3)15-5-7-16(8-6-15)19-17(21)23-14-11-20-9-12-22-13-10-20/h5-8H,4,9-14H2,1-3H3,(H,19,21). The molecule has 1 aromatic rings. The second-order valence-corrected chi connectivity index (χ2v) is 6.53. The summed E-state index contributed by atoms with van der Waals surface area (Å²) in [5.41, 5.74) is 2.18. The van der Waals surface area contributed by atoms with Gasteiger partial charge in [0.15, 0.2) is 0 Å². The Morgan fingerprint density at radius 1 is 1.26 bits per heavy atom. The van der Waals surface area contributed by atoms with E-state index in [9.17, 15) is 4.79 Å². The fraction of sp³-hybridized carbons (Fsp3) is 0.611. The van der Waals surface area contributed by atoms with Gasteiger partial charge < -0.3 is 9.47 Å². The molecule has 2 rings (SSSR count). The Hall–Kier alpha value is -1.59. The maximum absolute atomic E-state index is 11.8. The molecule has 5 nitrogen and oxygen atoms in total. The number of nitrogens with zero attached hydrogens (tertiary/aromatic N) is 1. The number of benzene rings is 1. The van der Waals surface area contributed by atoms with Crippen molar-refractivity contribution in [2.24, 2.45) is 0 Å². The van der Waals surface area contributed by atoms with Crippen LogP contribution < -0.4 is 5.32 Å². The van der Waals surface area contributed by atoms with Crippen molar-refractivity contribution < 1.29 is 14.3 Å². The molecule has 1 heterocycles. The number of carbonyl (C=O) groups excluding carboxylic acids is 1. The number of morpholine rings is 1. The molecule has 1 aliphatic rings. The SMILES string of the molecule is CCC(C)(C)c1ccc(NC(=O)OCCN2CCOCC2)cc1. The summed E-state index contributed by atoms with van der Waals surface area (Å²) < 4.78 is 10.5. The van der Waals surface area contributed by atoms with Crippen molar-refractivity contribution in [2.75, 3.05) is 44.8 Å². The molecular weight excluding hydrogens is 292 g/mol. The van der Waals surface area contributed by atoms with E-state index in [-0.39, 0.29) is 5.41 Å². The molecule has 128 valence electrons. The van der Waals surface area contributed by atoms with E-state index in [4.69, 9.17) is 9.47 Å². The minimum Gasteiger partial charge on any atom is -0.448 e. The lowest BCUT2D eigenvalue weighted by molar-refractivity contribution is 0.0290. The minimum atomic E-state index is -0.402. The third-order valence-electron chi connectivity index (χ3n) is 4.54. The zero-order valence-corrected chi connectivity index (χ0v) is 14.4. The van der Waals surface area contributed by atoms with Crippen molar-refractivity contribution in [2.45, 2.75) is 32.6 Å². The Morgan fingerprint density at radius 3 is 2.52 bits per heavy atom. The van der Waals surface area contributed by atoms with Gasteiger partial charge in [0, 0.05) is 25.3 Å². The Balaban J connectivity index is 1.74. The van der Waals surface area contributed by atoms with E-state index >= 15 is 0 Å². The first-order valence-corrected chi connectivity index (χ1v) is 8.35. The molecule has 1 amide bonds. The van der Waals surface area contributed by atoms with E-state index in [1.54, 1.807) is 0 Å².